The van der Waals surface area contributed by atoms with E-state index in [1.165, 1.54) is 5.56 Å². The molecule has 1 heterocycles. The van der Waals surface area contributed by atoms with Gasteiger partial charge in [-0.05, 0) is 30.8 Å². The van der Waals surface area contributed by atoms with Gasteiger partial charge in [-0.2, -0.15) is 5.10 Å². The molecule has 0 aliphatic rings. The molecular formula is C14H19BrN4. The van der Waals surface area contributed by atoms with E-state index >= 15 is 0 Å². The highest BCUT2D eigenvalue weighted by molar-refractivity contribution is 9.10. The van der Waals surface area contributed by atoms with Gasteiger partial charge >= 0.3 is 0 Å². The van der Waals surface area contributed by atoms with E-state index in [4.69, 9.17) is 0 Å². The fraction of sp³-hybridized carbons (Fsp3) is 0.429. The number of rotatable bonds is 5. The van der Waals surface area contributed by atoms with E-state index in [0.717, 1.165) is 41.2 Å². The number of nitrogens with zero attached hydrogens (tertiary/aromatic N) is 3. The molecule has 1 N–H and O–H groups in total. The normalized spacial score (nSPS) is 10.9. The van der Waals surface area contributed by atoms with Crippen molar-refractivity contribution in [3.8, 4) is 5.69 Å². The Kier molecular flexibility index (Phi) is 4.71. The second kappa shape index (κ2) is 6.30. The maximum absolute atomic E-state index is 4.60. The molecule has 2 aromatic rings. The molecule has 0 unspecified atom stereocenters. The zero-order valence-electron chi connectivity index (χ0n) is 11.6. The summed E-state index contributed by atoms with van der Waals surface area (Å²) in [6, 6.07) is 6.25. The van der Waals surface area contributed by atoms with Crippen LogP contribution in [0.15, 0.2) is 22.7 Å². The zero-order chi connectivity index (χ0) is 13.8. The van der Waals surface area contributed by atoms with Crippen molar-refractivity contribution in [1.29, 1.82) is 0 Å². The Morgan fingerprint density at radius 1 is 1.26 bits per heavy atom. The average molecular weight is 323 g/mol. The van der Waals surface area contributed by atoms with Crippen LogP contribution in [0.25, 0.3) is 5.69 Å². The average Bonchev–Trinajstić information content (AvgIpc) is 2.82. The van der Waals surface area contributed by atoms with Gasteiger partial charge in [0.25, 0.3) is 0 Å². The summed E-state index contributed by atoms with van der Waals surface area (Å²) in [6.45, 7) is 4.99. The first-order valence-corrected chi connectivity index (χ1v) is 7.37. The quantitative estimate of drug-likeness (QED) is 0.920. The summed E-state index contributed by atoms with van der Waals surface area (Å²) in [5.41, 5.74) is 2.31. The van der Waals surface area contributed by atoms with Crippen LogP contribution in [0.1, 0.15) is 31.1 Å². The van der Waals surface area contributed by atoms with Gasteiger partial charge in [0.05, 0.1) is 5.69 Å². The first-order chi connectivity index (χ1) is 9.19. The summed E-state index contributed by atoms with van der Waals surface area (Å²) in [5, 5.41) is 7.80. The van der Waals surface area contributed by atoms with Gasteiger partial charge in [-0.25, -0.2) is 9.67 Å². The number of aryl methyl sites for hydroxylation is 2. The lowest BCUT2D eigenvalue weighted by Gasteiger charge is -2.11. The minimum atomic E-state index is 0.805. The summed E-state index contributed by atoms with van der Waals surface area (Å²) in [7, 11) is 1.95. The van der Waals surface area contributed by atoms with Crippen molar-refractivity contribution in [3.63, 3.8) is 0 Å². The van der Waals surface area contributed by atoms with E-state index in [9.17, 15) is 0 Å². The highest BCUT2D eigenvalue weighted by atomic mass is 79.9. The van der Waals surface area contributed by atoms with Crippen LogP contribution >= 0.6 is 15.9 Å². The number of halogens is 1. The SMILES string of the molecule is CCc1nc(CC)n(-c2ccc(Br)cc2CNC)n1. The lowest BCUT2D eigenvalue weighted by atomic mass is 10.1. The number of benzene rings is 1. The number of hydrogen-bond acceptors (Lipinski definition) is 3. The highest BCUT2D eigenvalue weighted by Gasteiger charge is 2.12. The topological polar surface area (TPSA) is 42.7 Å². The van der Waals surface area contributed by atoms with Gasteiger partial charge in [-0.15, -0.1) is 0 Å². The number of nitrogens with one attached hydrogen (secondary N) is 1. The Labute approximate surface area is 122 Å². The Morgan fingerprint density at radius 3 is 2.68 bits per heavy atom. The molecule has 0 fully saturated rings. The molecular weight excluding hydrogens is 304 g/mol. The van der Waals surface area contributed by atoms with Crippen molar-refractivity contribution >= 4 is 15.9 Å². The summed E-state index contributed by atoms with van der Waals surface area (Å²) in [4.78, 5) is 4.57. The molecule has 0 aliphatic heterocycles. The molecule has 19 heavy (non-hydrogen) atoms. The maximum atomic E-state index is 4.60. The lowest BCUT2D eigenvalue weighted by molar-refractivity contribution is 0.755. The van der Waals surface area contributed by atoms with Crippen LogP contribution in [0.4, 0.5) is 0 Å². The fourth-order valence-corrected chi connectivity index (χ4v) is 2.46. The van der Waals surface area contributed by atoms with Gasteiger partial charge in [0, 0.05) is 23.9 Å². The molecule has 2 rings (SSSR count). The van der Waals surface area contributed by atoms with Crippen molar-refractivity contribution in [1.82, 2.24) is 20.1 Å². The first kappa shape index (κ1) is 14.2. The molecule has 0 aliphatic carbocycles. The highest BCUT2D eigenvalue weighted by Crippen LogP contribution is 2.21. The lowest BCUT2D eigenvalue weighted by Crippen LogP contribution is -2.11. The van der Waals surface area contributed by atoms with E-state index in [-0.39, 0.29) is 0 Å². The summed E-state index contributed by atoms with van der Waals surface area (Å²) in [6.07, 6.45) is 1.74. The number of aromatic nitrogens is 3. The summed E-state index contributed by atoms with van der Waals surface area (Å²) < 4.78 is 3.05. The van der Waals surface area contributed by atoms with Crippen molar-refractivity contribution in [3.05, 3.63) is 39.9 Å². The standard InChI is InChI=1S/C14H19BrN4/c1-4-13-17-14(5-2)19(18-13)12-7-6-11(15)8-10(12)9-16-3/h6-8,16H,4-5,9H2,1-3H3. The van der Waals surface area contributed by atoms with Crippen molar-refractivity contribution in [2.45, 2.75) is 33.2 Å². The second-order valence-electron chi connectivity index (χ2n) is 4.37. The molecule has 0 spiro atoms. The largest absolute Gasteiger partial charge is 0.316 e. The van der Waals surface area contributed by atoms with Gasteiger partial charge in [0.15, 0.2) is 5.82 Å². The fourth-order valence-electron chi connectivity index (χ4n) is 2.06. The molecule has 4 nitrogen and oxygen atoms in total. The van der Waals surface area contributed by atoms with Gasteiger partial charge < -0.3 is 5.32 Å². The third kappa shape index (κ3) is 3.04. The molecule has 0 radical (unpaired) electrons. The molecule has 1 aromatic carbocycles. The van der Waals surface area contributed by atoms with Gasteiger partial charge in [-0.3, -0.25) is 0 Å². The van der Waals surface area contributed by atoms with Crippen LogP contribution in [0.5, 0.6) is 0 Å². The predicted octanol–water partition coefficient (Wildman–Crippen LogP) is 2.87. The molecule has 0 saturated carbocycles. The minimum Gasteiger partial charge on any atom is -0.316 e. The van der Waals surface area contributed by atoms with E-state index in [1.807, 2.05) is 17.8 Å². The van der Waals surface area contributed by atoms with E-state index in [2.05, 4.69) is 57.3 Å². The Balaban J connectivity index is 2.53. The van der Waals surface area contributed by atoms with Crippen LogP contribution in [-0.2, 0) is 19.4 Å². The Bertz CT molecular complexity index is 563. The van der Waals surface area contributed by atoms with Crippen LogP contribution in [0.3, 0.4) is 0 Å². The van der Waals surface area contributed by atoms with Crippen LogP contribution in [0, 0.1) is 0 Å². The van der Waals surface area contributed by atoms with Crippen LogP contribution in [0.2, 0.25) is 0 Å². The number of hydrogen-bond donors (Lipinski definition) is 1. The smallest absolute Gasteiger partial charge is 0.151 e. The van der Waals surface area contributed by atoms with E-state index < -0.39 is 0 Å². The molecule has 5 heteroatoms. The van der Waals surface area contributed by atoms with Gasteiger partial charge in [-0.1, -0.05) is 29.8 Å². The van der Waals surface area contributed by atoms with Crippen molar-refractivity contribution in [2.75, 3.05) is 7.05 Å². The predicted molar refractivity (Wildman–Crippen MR) is 80.6 cm³/mol. The molecule has 0 saturated heterocycles. The summed E-state index contributed by atoms with van der Waals surface area (Å²) in [5.74, 6) is 1.91. The zero-order valence-corrected chi connectivity index (χ0v) is 13.2. The van der Waals surface area contributed by atoms with Crippen molar-refractivity contribution in [2.24, 2.45) is 0 Å². The van der Waals surface area contributed by atoms with Gasteiger partial charge in [0.1, 0.15) is 5.82 Å². The molecule has 102 valence electrons. The maximum Gasteiger partial charge on any atom is 0.151 e. The third-order valence-electron chi connectivity index (χ3n) is 2.99. The van der Waals surface area contributed by atoms with Crippen LogP contribution in [-0.4, -0.2) is 21.8 Å². The third-order valence-corrected chi connectivity index (χ3v) is 3.48. The Morgan fingerprint density at radius 2 is 2.05 bits per heavy atom. The molecule has 1 aromatic heterocycles. The van der Waals surface area contributed by atoms with Crippen molar-refractivity contribution < 1.29 is 0 Å². The van der Waals surface area contributed by atoms with E-state index in [1.54, 1.807) is 0 Å². The van der Waals surface area contributed by atoms with Gasteiger partial charge in [0.2, 0.25) is 0 Å². The first-order valence-electron chi connectivity index (χ1n) is 6.57. The van der Waals surface area contributed by atoms with E-state index in [0.29, 0.717) is 0 Å². The van der Waals surface area contributed by atoms with Crippen LogP contribution < -0.4 is 5.32 Å². The summed E-state index contributed by atoms with van der Waals surface area (Å²) >= 11 is 3.52. The molecule has 0 atom stereocenters. The Hall–Kier alpha value is -1.20. The molecule has 0 bridgehead atoms. The monoisotopic (exact) mass is 322 g/mol. The minimum absolute atomic E-state index is 0.805. The second-order valence-corrected chi connectivity index (χ2v) is 5.28. The molecule has 0 amide bonds.